The van der Waals surface area contributed by atoms with Crippen LogP contribution < -0.4 is 5.32 Å². The van der Waals surface area contributed by atoms with Crippen molar-refractivity contribution in [2.45, 2.75) is 64.8 Å². The fraction of sp³-hybridized carbons (Fsp3) is 0.750. The Morgan fingerprint density at radius 1 is 1.40 bits per heavy atom. The van der Waals surface area contributed by atoms with Gasteiger partial charge in [-0.05, 0) is 30.6 Å². The van der Waals surface area contributed by atoms with Gasteiger partial charge in [-0.15, -0.1) is 0 Å². The Bertz CT molecular complexity index is 534. The van der Waals surface area contributed by atoms with E-state index in [1.165, 1.54) is 12.0 Å². The van der Waals surface area contributed by atoms with Crippen molar-refractivity contribution in [3.8, 4) is 0 Å². The molecule has 1 aromatic rings. The molecule has 0 aliphatic heterocycles. The quantitative estimate of drug-likeness (QED) is 0.858. The summed E-state index contributed by atoms with van der Waals surface area (Å²) >= 11 is 0. The van der Waals surface area contributed by atoms with E-state index >= 15 is 0 Å². The summed E-state index contributed by atoms with van der Waals surface area (Å²) in [4.78, 5) is 11.5. The van der Waals surface area contributed by atoms with E-state index in [9.17, 15) is 4.79 Å². The van der Waals surface area contributed by atoms with Gasteiger partial charge in [0.2, 0.25) is 5.91 Å². The van der Waals surface area contributed by atoms with Crippen molar-refractivity contribution in [3.05, 3.63) is 17.5 Å². The molecule has 4 nitrogen and oxygen atoms in total. The van der Waals surface area contributed by atoms with Crippen LogP contribution in [0.3, 0.4) is 0 Å². The molecule has 3 rings (SSSR count). The number of hydrogen-bond donors (Lipinski definition) is 1. The lowest BCUT2D eigenvalue weighted by Crippen LogP contribution is -2.59. The highest BCUT2D eigenvalue weighted by atomic mass is 16.5. The Hall–Kier alpha value is -1.32. The predicted molar refractivity (Wildman–Crippen MR) is 76.3 cm³/mol. The number of hydrogen-bond acceptors (Lipinski definition) is 3. The monoisotopic (exact) mass is 276 g/mol. The third-order valence-electron chi connectivity index (χ3n) is 5.63. The Morgan fingerprint density at radius 2 is 2.15 bits per heavy atom. The minimum Gasteiger partial charge on any atom is -0.361 e. The van der Waals surface area contributed by atoms with Gasteiger partial charge in [0.25, 0.3) is 0 Å². The zero-order chi connectivity index (χ0) is 14.5. The molecule has 0 spiro atoms. The molecule has 2 aliphatic carbocycles. The van der Waals surface area contributed by atoms with Gasteiger partial charge in [0.1, 0.15) is 5.76 Å². The van der Waals surface area contributed by atoms with Gasteiger partial charge in [0.05, 0.1) is 6.20 Å². The molecule has 20 heavy (non-hydrogen) atoms. The molecule has 0 bridgehead atoms. The summed E-state index contributed by atoms with van der Waals surface area (Å²) in [5.41, 5.74) is 1.29. The average Bonchev–Trinajstić information content (AvgIpc) is 2.79. The van der Waals surface area contributed by atoms with Crippen LogP contribution in [-0.2, 0) is 16.6 Å². The first-order valence-corrected chi connectivity index (χ1v) is 7.57. The predicted octanol–water partition coefficient (Wildman–Crippen LogP) is 2.82. The summed E-state index contributed by atoms with van der Waals surface area (Å²) < 4.78 is 5.54. The molecule has 0 unspecified atom stereocenters. The summed E-state index contributed by atoms with van der Waals surface area (Å²) in [6.07, 6.45) is 6.24. The molecule has 0 aromatic carbocycles. The highest BCUT2D eigenvalue weighted by Crippen LogP contribution is 2.56. The Balaban J connectivity index is 2.04. The van der Waals surface area contributed by atoms with Crippen LogP contribution in [0.2, 0.25) is 0 Å². The van der Waals surface area contributed by atoms with E-state index in [-0.39, 0.29) is 22.8 Å². The number of nitrogens with one attached hydrogen (secondary N) is 1. The average molecular weight is 276 g/mol. The van der Waals surface area contributed by atoms with E-state index in [1.54, 1.807) is 6.92 Å². The first-order chi connectivity index (χ1) is 9.35. The van der Waals surface area contributed by atoms with Crippen LogP contribution in [0.25, 0.3) is 0 Å². The number of nitrogens with zero attached hydrogens (tertiary/aromatic N) is 1. The lowest BCUT2D eigenvalue weighted by atomic mass is 9.50. The fourth-order valence-corrected chi connectivity index (χ4v) is 4.83. The minimum atomic E-state index is -0.0179. The largest absolute Gasteiger partial charge is 0.361 e. The van der Waals surface area contributed by atoms with Crippen LogP contribution >= 0.6 is 0 Å². The van der Waals surface area contributed by atoms with Gasteiger partial charge in [-0.3, -0.25) is 4.79 Å². The van der Waals surface area contributed by atoms with Gasteiger partial charge < -0.3 is 9.84 Å². The van der Waals surface area contributed by atoms with E-state index in [4.69, 9.17) is 4.52 Å². The lowest BCUT2D eigenvalue weighted by molar-refractivity contribution is -0.122. The maximum absolute atomic E-state index is 11.5. The van der Waals surface area contributed by atoms with E-state index in [1.807, 2.05) is 6.20 Å². The molecule has 3 atom stereocenters. The van der Waals surface area contributed by atoms with Crippen LogP contribution in [0.4, 0.5) is 0 Å². The number of amides is 1. The van der Waals surface area contributed by atoms with Crippen molar-refractivity contribution >= 4 is 5.91 Å². The zero-order valence-corrected chi connectivity index (χ0v) is 12.8. The summed E-state index contributed by atoms with van der Waals surface area (Å²) in [5.74, 6) is 1.63. The Morgan fingerprint density at radius 3 is 2.85 bits per heavy atom. The standard InChI is InChI=1S/C16H24N2O2/c1-10(19)18-13-7-5-6-12-15(2,3)14-11(9-17-20-14)8-16(12,13)4/h9,12-13H,5-8H2,1-4H3,(H,18,19)/t12-,13-,16-/m0/s1. The Labute approximate surface area is 120 Å². The zero-order valence-electron chi connectivity index (χ0n) is 12.8. The third kappa shape index (κ3) is 1.80. The van der Waals surface area contributed by atoms with Crippen molar-refractivity contribution in [1.82, 2.24) is 10.5 Å². The summed E-state index contributed by atoms with van der Waals surface area (Å²) in [5, 5.41) is 7.20. The summed E-state index contributed by atoms with van der Waals surface area (Å²) in [7, 11) is 0. The SMILES string of the molecule is CC(=O)N[C@H]1CCC[C@H]2C(C)(C)c3oncc3C[C@]12C. The van der Waals surface area contributed by atoms with Gasteiger partial charge in [-0.2, -0.15) is 0 Å². The lowest BCUT2D eigenvalue weighted by Gasteiger charge is -2.55. The highest BCUT2D eigenvalue weighted by Gasteiger charge is 2.56. The van der Waals surface area contributed by atoms with Crippen molar-refractivity contribution in [2.75, 3.05) is 0 Å². The van der Waals surface area contributed by atoms with Gasteiger partial charge in [0.15, 0.2) is 0 Å². The summed E-state index contributed by atoms with van der Waals surface area (Å²) in [6.45, 7) is 8.46. The molecule has 1 N–H and O–H groups in total. The summed E-state index contributed by atoms with van der Waals surface area (Å²) in [6, 6.07) is 0.251. The van der Waals surface area contributed by atoms with Crippen LogP contribution in [0.1, 0.15) is 58.3 Å². The second kappa shape index (κ2) is 4.34. The molecule has 0 saturated heterocycles. The Kier molecular flexibility index (Phi) is 2.96. The first-order valence-electron chi connectivity index (χ1n) is 7.57. The van der Waals surface area contributed by atoms with Crippen molar-refractivity contribution in [1.29, 1.82) is 0 Å². The van der Waals surface area contributed by atoms with Crippen LogP contribution in [0.15, 0.2) is 10.7 Å². The maximum Gasteiger partial charge on any atom is 0.217 e. The highest BCUT2D eigenvalue weighted by molar-refractivity contribution is 5.73. The molecule has 1 heterocycles. The first kappa shape index (κ1) is 13.7. The molecule has 2 aliphatic rings. The van der Waals surface area contributed by atoms with Gasteiger partial charge >= 0.3 is 0 Å². The van der Waals surface area contributed by atoms with E-state index in [0.29, 0.717) is 5.92 Å². The van der Waals surface area contributed by atoms with Crippen molar-refractivity contribution < 1.29 is 9.32 Å². The fourth-order valence-electron chi connectivity index (χ4n) is 4.83. The van der Waals surface area contributed by atoms with Crippen molar-refractivity contribution in [3.63, 3.8) is 0 Å². The topological polar surface area (TPSA) is 55.1 Å². The van der Waals surface area contributed by atoms with Crippen LogP contribution in [-0.4, -0.2) is 17.1 Å². The number of aromatic nitrogens is 1. The van der Waals surface area contributed by atoms with Crippen LogP contribution in [0, 0.1) is 11.3 Å². The second-order valence-electron chi connectivity index (χ2n) is 7.32. The van der Waals surface area contributed by atoms with Gasteiger partial charge in [-0.25, -0.2) is 0 Å². The molecule has 1 fully saturated rings. The molecule has 1 amide bonds. The van der Waals surface area contributed by atoms with Gasteiger partial charge in [0, 0.05) is 23.9 Å². The molecule has 4 heteroatoms. The number of fused-ring (bicyclic) bond motifs is 2. The minimum absolute atomic E-state index is 0.0179. The van der Waals surface area contributed by atoms with Crippen molar-refractivity contribution in [2.24, 2.45) is 11.3 Å². The maximum atomic E-state index is 11.5. The second-order valence-corrected chi connectivity index (χ2v) is 7.32. The van der Waals surface area contributed by atoms with E-state index in [0.717, 1.165) is 25.0 Å². The smallest absolute Gasteiger partial charge is 0.217 e. The van der Waals surface area contributed by atoms with E-state index < -0.39 is 0 Å². The molecule has 1 saturated carbocycles. The van der Waals surface area contributed by atoms with E-state index in [2.05, 4.69) is 31.2 Å². The number of carbonyl (C=O) groups is 1. The normalized spacial score (nSPS) is 35.0. The molecular formula is C16H24N2O2. The molecule has 110 valence electrons. The third-order valence-corrected chi connectivity index (χ3v) is 5.63. The van der Waals surface area contributed by atoms with Crippen LogP contribution in [0.5, 0.6) is 0 Å². The number of carbonyl (C=O) groups excluding carboxylic acids is 1. The molecule has 1 aromatic heterocycles. The molecular weight excluding hydrogens is 252 g/mol. The van der Waals surface area contributed by atoms with Gasteiger partial charge in [-0.1, -0.05) is 32.3 Å². The number of rotatable bonds is 1. The molecule has 0 radical (unpaired) electrons.